The molecule has 6 heteroatoms. The van der Waals surface area contributed by atoms with Crippen LogP contribution < -0.4 is 5.32 Å². The molecule has 0 aromatic carbocycles. The van der Waals surface area contributed by atoms with Crippen LogP contribution in [-0.4, -0.2) is 53.4 Å². The number of piperazine rings is 1. The Bertz CT molecular complexity index is 438. The first-order chi connectivity index (χ1) is 9.52. The maximum absolute atomic E-state index is 11.0. The molecule has 2 heterocycles. The van der Waals surface area contributed by atoms with E-state index >= 15 is 0 Å². The Hall–Kier alpha value is -0.980. The van der Waals surface area contributed by atoms with Crippen molar-refractivity contribution < 1.29 is 4.79 Å². The number of hydrogen-bond donors (Lipinski definition) is 1. The van der Waals surface area contributed by atoms with Crippen molar-refractivity contribution in [2.24, 2.45) is 5.92 Å². The monoisotopic (exact) mass is 296 g/mol. The molecule has 1 aromatic rings. The molecule has 5 nitrogen and oxygen atoms in total. The molecule has 1 fully saturated rings. The van der Waals surface area contributed by atoms with Crippen molar-refractivity contribution in [2.45, 2.75) is 27.3 Å². The minimum atomic E-state index is -0.0619. The van der Waals surface area contributed by atoms with Gasteiger partial charge in [-0.3, -0.25) is 9.69 Å². The molecule has 1 N–H and O–H groups in total. The number of aromatic nitrogens is 1. The Kier molecular flexibility index (Phi) is 5.51. The summed E-state index contributed by atoms with van der Waals surface area (Å²) in [7, 11) is 0. The quantitative estimate of drug-likeness (QED) is 0.901. The van der Waals surface area contributed by atoms with E-state index in [1.54, 1.807) is 0 Å². The summed E-state index contributed by atoms with van der Waals surface area (Å²) in [4.78, 5) is 20.4. The topological polar surface area (TPSA) is 48.5 Å². The fourth-order valence-electron chi connectivity index (χ4n) is 2.46. The van der Waals surface area contributed by atoms with Gasteiger partial charge < -0.3 is 10.2 Å². The van der Waals surface area contributed by atoms with E-state index < -0.39 is 0 Å². The van der Waals surface area contributed by atoms with Crippen LogP contribution in [0, 0.1) is 5.92 Å². The number of rotatable bonds is 5. The average Bonchev–Trinajstić information content (AvgIpc) is 2.77. The summed E-state index contributed by atoms with van der Waals surface area (Å²) in [5.41, 5.74) is 1.05. The Morgan fingerprint density at radius 1 is 1.35 bits per heavy atom. The molecule has 112 valence electrons. The van der Waals surface area contributed by atoms with Gasteiger partial charge in [-0.2, -0.15) is 0 Å². The highest BCUT2D eigenvalue weighted by atomic mass is 32.1. The van der Waals surface area contributed by atoms with Crippen LogP contribution >= 0.6 is 11.3 Å². The molecule has 1 amide bonds. The van der Waals surface area contributed by atoms with Crippen LogP contribution in [0.4, 0.5) is 5.13 Å². The van der Waals surface area contributed by atoms with Crippen LogP contribution in [0.25, 0.3) is 0 Å². The zero-order valence-corrected chi connectivity index (χ0v) is 13.4. The van der Waals surface area contributed by atoms with Crippen molar-refractivity contribution in [1.29, 1.82) is 0 Å². The average molecular weight is 296 g/mol. The van der Waals surface area contributed by atoms with Crippen molar-refractivity contribution in [1.82, 2.24) is 14.8 Å². The standard InChI is InChI=1S/C14H24N4OS/c1-11(2)8-17-4-6-18(7-5-17)9-13-10-20-14(16-13)15-12(3)19/h10-11H,4-9H2,1-3H3,(H,15,16,19). The third-order valence-corrected chi connectivity index (χ3v) is 4.12. The Morgan fingerprint density at radius 3 is 2.60 bits per heavy atom. The van der Waals surface area contributed by atoms with Gasteiger partial charge >= 0.3 is 0 Å². The minimum absolute atomic E-state index is 0.0619. The zero-order valence-electron chi connectivity index (χ0n) is 12.6. The first-order valence-electron chi connectivity index (χ1n) is 7.19. The van der Waals surface area contributed by atoms with Gasteiger partial charge in [-0.05, 0) is 5.92 Å². The lowest BCUT2D eigenvalue weighted by Gasteiger charge is -2.35. The molecule has 0 spiro atoms. The van der Waals surface area contributed by atoms with Gasteiger partial charge in [-0.25, -0.2) is 4.98 Å². The second-order valence-electron chi connectivity index (χ2n) is 5.80. The van der Waals surface area contributed by atoms with Crippen LogP contribution in [0.15, 0.2) is 5.38 Å². The van der Waals surface area contributed by atoms with Gasteiger partial charge in [0.2, 0.25) is 5.91 Å². The normalized spacial score (nSPS) is 17.6. The van der Waals surface area contributed by atoms with E-state index in [2.05, 4.69) is 33.9 Å². The molecule has 0 bridgehead atoms. The minimum Gasteiger partial charge on any atom is -0.302 e. The molecule has 2 rings (SSSR count). The van der Waals surface area contributed by atoms with E-state index in [1.807, 2.05) is 5.38 Å². The number of anilines is 1. The second-order valence-corrected chi connectivity index (χ2v) is 6.65. The summed E-state index contributed by atoms with van der Waals surface area (Å²) in [6, 6.07) is 0. The van der Waals surface area contributed by atoms with Gasteiger partial charge in [-0.1, -0.05) is 13.8 Å². The molecule has 20 heavy (non-hydrogen) atoms. The molecule has 0 atom stereocenters. The third kappa shape index (κ3) is 4.85. The highest BCUT2D eigenvalue weighted by molar-refractivity contribution is 7.13. The van der Waals surface area contributed by atoms with Gasteiger partial charge in [0.25, 0.3) is 0 Å². The van der Waals surface area contributed by atoms with Crippen LogP contribution in [0.1, 0.15) is 26.5 Å². The summed E-state index contributed by atoms with van der Waals surface area (Å²) in [5.74, 6) is 0.675. The van der Waals surface area contributed by atoms with Crippen LogP contribution in [0.5, 0.6) is 0 Å². The first-order valence-corrected chi connectivity index (χ1v) is 8.07. The number of thiazole rings is 1. The summed E-state index contributed by atoms with van der Waals surface area (Å²) in [6.07, 6.45) is 0. The van der Waals surface area contributed by atoms with Crippen molar-refractivity contribution in [3.63, 3.8) is 0 Å². The third-order valence-electron chi connectivity index (χ3n) is 3.31. The van der Waals surface area contributed by atoms with E-state index in [0.29, 0.717) is 5.13 Å². The van der Waals surface area contributed by atoms with Crippen molar-refractivity contribution >= 4 is 22.4 Å². The van der Waals surface area contributed by atoms with Crippen molar-refractivity contribution in [3.05, 3.63) is 11.1 Å². The summed E-state index contributed by atoms with van der Waals surface area (Å²) < 4.78 is 0. The van der Waals surface area contributed by atoms with E-state index in [-0.39, 0.29) is 5.91 Å². The Morgan fingerprint density at radius 2 is 2.00 bits per heavy atom. The van der Waals surface area contributed by atoms with Crippen LogP contribution in [0.3, 0.4) is 0 Å². The number of carbonyl (C=O) groups is 1. The van der Waals surface area contributed by atoms with Gasteiger partial charge in [0, 0.05) is 51.6 Å². The SMILES string of the molecule is CC(=O)Nc1nc(CN2CCN(CC(C)C)CC2)cs1. The van der Waals surface area contributed by atoms with Gasteiger partial charge in [-0.15, -0.1) is 11.3 Å². The van der Waals surface area contributed by atoms with E-state index in [4.69, 9.17) is 0 Å². The first kappa shape index (κ1) is 15.4. The predicted molar refractivity (Wildman–Crippen MR) is 83.0 cm³/mol. The van der Waals surface area contributed by atoms with E-state index in [9.17, 15) is 4.79 Å². The molecule has 0 aliphatic carbocycles. The summed E-state index contributed by atoms with van der Waals surface area (Å²) in [6.45, 7) is 12.6. The lowest BCUT2D eigenvalue weighted by atomic mass is 10.2. The van der Waals surface area contributed by atoms with Gasteiger partial charge in [0.05, 0.1) is 5.69 Å². The number of nitrogens with one attached hydrogen (secondary N) is 1. The predicted octanol–water partition coefficient (Wildman–Crippen LogP) is 1.88. The molecule has 1 aromatic heterocycles. The number of amides is 1. The number of carbonyl (C=O) groups excluding carboxylic acids is 1. The van der Waals surface area contributed by atoms with E-state index in [1.165, 1.54) is 24.8 Å². The molecular weight excluding hydrogens is 272 g/mol. The van der Waals surface area contributed by atoms with Gasteiger partial charge in [0.15, 0.2) is 5.13 Å². The molecule has 0 radical (unpaired) electrons. The zero-order chi connectivity index (χ0) is 14.5. The Labute approximate surface area is 125 Å². The number of hydrogen-bond acceptors (Lipinski definition) is 5. The van der Waals surface area contributed by atoms with Crippen molar-refractivity contribution in [3.8, 4) is 0 Å². The van der Waals surface area contributed by atoms with Gasteiger partial charge in [0.1, 0.15) is 0 Å². The highest BCUT2D eigenvalue weighted by Gasteiger charge is 2.18. The Balaban J connectivity index is 1.77. The van der Waals surface area contributed by atoms with Crippen LogP contribution in [-0.2, 0) is 11.3 Å². The fourth-order valence-corrected chi connectivity index (χ4v) is 3.21. The molecule has 1 aliphatic heterocycles. The van der Waals surface area contributed by atoms with Crippen LogP contribution in [0.2, 0.25) is 0 Å². The maximum atomic E-state index is 11.0. The number of nitrogens with zero attached hydrogens (tertiary/aromatic N) is 3. The smallest absolute Gasteiger partial charge is 0.223 e. The molecule has 0 saturated carbocycles. The highest BCUT2D eigenvalue weighted by Crippen LogP contribution is 2.17. The summed E-state index contributed by atoms with van der Waals surface area (Å²) >= 11 is 1.50. The molecule has 1 aliphatic rings. The summed E-state index contributed by atoms with van der Waals surface area (Å²) in [5, 5.41) is 5.47. The second kappa shape index (κ2) is 7.15. The molecular formula is C14H24N4OS. The molecule has 1 saturated heterocycles. The van der Waals surface area contributed by atoms with E-state index in [0.717, 1.165) is 44.3 Å². The lowest BCUT2D eigenvalue weighted by molar-refractivity contribution is -0.114. The maximum Gasteiger partial charge on any atom is 0.223 e. The lowest BCUT2D eigenvalue weighted by Crippen LogP contribution is -2.46. The largest absolute Gasteiger partial charge is 0.302 e. The molecule has 0 unspecified atom stereocenters. The van der Waals surface area contributed by atoms with Crippen molar-refractivity contribution in [2.75, 3.05) is 38.0 Å². The fraction of sp³-hybridized carbons (Fsp3) is 0.714.